The maximum absolute atomic E-state index is 12.4. The fraction of sp³-hybridized carbons (Fsp3) is 0.125. The molecule has 0 saturated carbocycles. The number of carbonyl (C=O) groups excluding carboxylic acids is 1. The molecule has 0 spiro atoms. The van der Waals surface area contributed by atoms with E-state index in [0.29, 0.717) is 22.9 Å². The number of nitrogens with zero attached hydrogens (tertiary/aromatic N) is 3. The maximum atomic E-state index is 12.4. The molecule has 3 rings (SSSR count). The molecular formula is C16H14ClN3O. The first-order chi connectivity index (χ1) is 10.1. The molecule has 4 nitrogen and oxygen atoms in total. The quantitative estimate of drug-likeness (QED) is 0.744. The largest absolute Gasteiger partial charge is 0.336 e. The molecule has 0 unspecified atom stereocenters. The van der Waals surface area contributed by atoms with E-state index in [0.717, 1.165) is 5.56 Å². The van der Waals surface area contributed by atoms with Crippen LogP contribution in [0.3, 0.4) is 0 Å². The monoisotopic (exact) mass is 299 g/mol. The minimum Gasteiger partial charge on any atom is -0.336 e. The van der Waals surface area contributed by atoms with E-state index in [1.165, 1.54) is 0 Å². The molecule has 0 saturated heterocycles. The fourth-order valence-corrected chi connectivity index (χ4v) is 2.36. The SMILES string of the molecule is CN(Cc1ccccc1)C(=O)c1cn2cc(Cl)ccc2n1. The summed E-state index contributed by atoms with van der Waals surface area (Å²) >= 11 is 5.93. The molecule has 0 fully saturated rings. The number of carbonyl (C=O) groups is 1. The van der Waals surface area contributed by atoms with Crippen LogP contribution in [0.5, 0.6) is 0 Å². The Labute approximate surface area is 127 Å². The third kappa shape index (κ3) is 2.90. The number of aromatic nitrogens is 2. The van der Waals surface area contributed by atoms with Gasteiger partial charge in [-0.25, -0.2) is 4.98 Å². The number of fused-ring (bicyclic) bond motifs is 1. The number of hydrogen-bond donors (Lipinski definition) is 0. The number of halogens is 1. The smallest absolute Gasteiger partial charge is 0.274 e. The molecule has 0 aliphatic carbocycles. The van der Waals surface area contributed by atoms with Crippen LogP contribution in [0, 0.1) is 0 Å². The standard InChI is InChI=1S/C16H14ClN3O/c1-19(9-12-5-3-2-4-6-12)16(21)14-11-20-10-13(17)7-8-15(20)18-14/h2-8,10-11H,9H2,1H3. The third-order valence-electron chi connectivity index (χ3n) is 3.24. The first-order valence-corrected chi connectivity index (χ1v) is 6.95. The Bertz CT molecular complexity index is 783. The Kier molecular flexibility index (Phi) is 3.62. The minimum atomic E-state index is -0.112. The molecule has 1 amide bonds. The molecule has 106 valence electrons. The summed E-state index contributed by atoms with van der Waals surface area (Å²) in [6, 6.07) is 13.4. The van der Waals surface area contributed by atoms with E-state index in [1.807, 2.05) is 30.3 Å². The van der Waals surface area contributed by atoms with Crippen molar-refractivity contribution in [2.75, 3.05) is 7.05 Å². The molecule has 5 heteroatoms. The molecule has 21 heavy (non-hydrogen) atoms. The summed E-state index contributed by atoms with van der Waals surface area (Å²) in [4.78, 5) is 18.4. The normalized spacial score (nSPS) is 10.8. The van der Waals surface area contributed by atoms with Gasteiger partial charge in [-0.3, -0.25) is 4.79 Å². The zero-order valence-corrected chi connectivity index (χ0v) is 12.3. The van der Waals surface area contributed by atoms with Gasteiger partial charge in [0.15, 0.2) is 0 Å². The second kappa shape index (κ2) is 5.58. The molecule has 3 aromatic rings. The van der Waals surface area contributed by atoms with Crippen LogP contribution in [0.15, 0.2) is 54.9 Å². The van der Waals surface area contributed by atoms with Gasteiger partial charge in [0.25, 0.3) is 5.91 Å². The summed E-state index contributed by atoms with van der Waals surface area (Å²) in [7, 11) is 1.77. The third-order valence-corrected chi connectivity index (χ3v) is 3.47. The van der Waals surface area contributed by atoms with E-state index >= 15 is 0 Å². The lowest BCUT2D eigenvalue weighted by molar-refractivity contribution is 0.0780. The number of rotatable bonds is 3. The summed E-state index contributed by atoms with van der Waals surface area (Å²) in [5.74, 6) is -0.112. The Hall–Kier alpha value is -2.33. The topological polar surface area (TPSA) is 37.6 Å². The van der Waals surface area contributed by atoms with E-state index in [1.54, 1.807) is 40.9 Å². The van der Waals surface area contributed by atoms with Crippen LogP contribution in [0.1, 0.15) is 16.1 Å². The van der Waals surface area contributed by atoms with Crippen molar-refractivity contribution in [2.45, 2.75) is 6.54 Å². The van der Waals surface area contributed by atoms with Gasteiger partial charge < -0.3 is 9.30 Å². The van der Waals surface area contributed by atoms with Gasteiger partial charge >= 0.3 is 0 Å². The van der Waals surface area contributed by atoms with E-state index < -0.39 is 0 Å². The van der Waals surface area contributed by atoms with Crippen molar-refractivity contribution < 1.29 is 4.79 Å². The first kappa shape index (κ1) is 13.6. The van der Waals surface area contributed by atoms with Crippen molar-refractivity contribution in [3.05, 3.63) is 71.1 Å². The first-order valence-electron chi connectivity index (χ1n) is 6.57. The van der Waals surface area contributed by atoms with Crippen molar-refractivity contribution in [3.63, 3.8) is 0 Å². The van der Waals surface area contributed by atoms with Crippen molar-refractivity contribution in [2.24, 2.45) is 0 Å². The van der Waals surface area contributed by atoms with Gasteiger partial charge in [0, 0.05) is 26.0 Å². The van der Waals surface area contributed by atoms with Gasteiger partial charge in [-0.1, -0.05) is 41.9 Å². The van der Waals surface area contributed by atoms with Gasteiger partial charge in [-0.05, 0) is 17.7 Å². The summed E-state index contributed by atoms with van der Waals surface area (Å²) in [6.45, 7) is 0.550. The fourth-order valence-electron chi connectivity index (χ4n) is 2.19. The number of amides is 1. The van der Waals surface area contributed by atoms with Gasteiger partial charge in [0.2, 0.25) is 0 Å². The van der Waals surface area contributed by atoms with Crippen LogP contribution in [-0.4, -0.2) is 27.2 Å². The average molecular weight is 300 g/mol. The lowest BCUT2D eigenvalue weighted by atomic mass is 10.2. The lowest BCUT2D eigenvalue weighted by Crippen LogP contribution is -2.26. The van der Waals surface area contributed by atoms with E-state index in [-0.39, 0.29) is 5.91 Å². The van der Waals surface area contributed by atoms with Crippen LogP contribution >= 0.6 is 11.6 Å². The molecule has 0 N–H and O–H groups in total. The molecule has 0 bridgehead atoms. The molecule has 0 aliphatic rings. The number of pyridine rings is 1. The summed E-state index contributed by atoms with van der Waals surface area (Å²) < 4.78 is 1.76. The molecule has 1 aromatic carbocycles. The van der Waals surface area contributed by atoms with E-state index in [4.69, 9.17) is 11.6 Å². The van der Waals surface area contributed by atoms with Crippen LogP contribution in [0.4, 0.5) is 0 Å². The van der Waals surface area contributed by atoms with Crippen LogP contribution < -0.4 is 0 Å². The van der Waals surface area contributed by atoms with E-state index in [2.05, 4.69) is 4.98 Å². The van der Waals surface area contributed by atoms with Crippen molar-refractivity contribution >= 4 is 23.2 Å². The summed E-state index contributed by atoms with van der Waals surface area (Å²) in [5.41, 5.74) is 2.20. The zero-order valence-electron chi connectivity index (χ0n) is 11.5. The van der Waals surface area contributed by atoms with Crippen molar-refractivity contribution in [3.8, 4) is 0 Å². The maximum Gasteiger partial charge on any atom is 0.274 e. The summed E-state index contributed by atoms with van der Waals surface area (Å²) in [5, 5.41) is 0.608. The van der Waals surface area contributed by atoms with Gasteiger partial charge in [-0.15, -0.1) is 0 Å². The predicted octanol–water partition coefficient (Wildman–Crippen LogP) is 3.26. The second-order valence-electron chi connectivity index (χ2n) is 4.89. The highest BCUT2D eigenvalue weighted by molar-refractivity contribution is 6.30. The summed E-state index contributed by atoms with van der Waals surface area (Å²) in [6.07, 6.45) is 3.43. The van der Waals surface area contributed by atoms with Gasteiger partial charge in [-0.2, -0.15) is 0 Å². The Morgan fingerprint density at radius 2 is 1.95 bits per heavy atom. The number of benzene rings is 1. The Morgan fingerprint density at radius 1 is 1.19 bits per heavy atom. The van der Waals surface area contributed by atoms with Crippen molar-refractivity contribution in [1.82, 2.24) is 14.3 Å². The van der Waals surface area contributed by atoms with Crippen LogP contribution in [0.25, 0.3) is 5.65 Å². The Balaban J connectivity index is 1.82. The number of hydrogen-bond acceptors (Lipinski definition) is 2. The lowest BCUT2D eigenvalue weighted by Gasteiger charge is -2.15. The molecule has 0 radical (unpaired) electrons. The molecular weight excluding hydrogens is 286 g/mol. The highest BCUT2D eigenvalue weighted by Gasteiger charge is 2.15. The molecule has 2 heterocycles. The Morgan fingerprint density at radius 3 is 2.71 bits per heavy atom. The molecule has 2 aromatic heterocycles. The van der Waals surface area contributed by atoms with Crippen LogP contribution in [-0.2, 0) is 6.54 Å². The number of imidazole rings is 1. The highest BCUT2D eigenvalue weighted by Crippen LogP contribution is 2.13. The minimum absolute atomic E-state index is 0.112. The zero-order chi connectivity index (χ0) is 14.8. The highest BCUT2D eigenvalue weighted by atomic mass is 35.5. The van der Waals surface area contributed by atoms with Gasteiger partial charge in [0.1, 0.15) is 11.3 Å². The average Bonchev–Trinajstić information content (AvgIpc) is 2.90. The molecule has 0 aliphatic heterocycles. The van der Waals surface area contributed by atoms with E-state index in [9.17, 15) is 4.79 Å². The van der Waals surface area contributed by atoms with Gasteiger partial charge in [0.05, 0.1) is 5.02 Å². The molecule has 0 atom stereocenters. The van der Waals surface area contributed by atoms with Crippen molar-refractivity contribution in [1.29, 1.82) is 0 Å². The van der Waals surface area contributed by atoms with Crippen LogP contribution in [0.2, 0.25) is 5.02 Å². The second-order valence-corrected chi connectivity index (χ2v) is 5.32. The predicted molar refractivity (Wildman–Crippen MR) is 82.4 cm³/mol.